The van der Waals surface area contributed by atoms with Gasteiger partial charge >= 0.3 is 0 Å². The molecule has 0 aliphatic heterocycles. The van der Waals surface area contributed by atoms with Crippen molar-refractivity contribution in [1.82, 2.24) is 15.6 Å². The molecule has 1 aromatic heterocycles. The Labute approximate surface area is 135 Å². The van der Waals surface area contributed by atoms with Crippen LogP contribution in [0.2, 0.25) is 0 Å². The molecule has 0 bridgehead atoms. The first-order chi connectivity index (χ1) is 11.2. The average molecular weight is 316 g/mol. The van der Waals surface area contributed by atoms with E-state index in [1.54, 1.807) is 19.4 Å². The molecule has 0 atom stereocenters. The number of hydrogen-bond acceptors (Lipinski definition) is 3. The lowest BCUT2D eigenvalue weighted by Gasteiger charge is -2.12. The van der Waals surface area contributed by atoms with Gasteiger partial charge in [-0.25, -0.2) is 9.38 Å². The van der Waals surface area contributed by atoms with Crippen LogP contribution in [0.1, 0.15) is 18.2 Å². The van der Waals surface area contributed by atoms with Crippen LogP contribution in [0, 0.1) is 5.82 Å². The molecule has 0 aliphatic rings. The summed E-state index contributed by atoms with van der Waals surface area (Å²) >= 11 is 0. The number of nitrogens with zero attached hydrogens (tertiary/aromatic N) is 2. The van der Waals surface area contributed by atoms with Gasteiger partial charge in [-0.2, -0.15) is 0 Å². The van der Waals surface area contributed by atoms with Crippen LogP contribution in [-0.4, -0.2) is 24.6 Å². The van der Waals surface area contributed by atoms with Crippen molar-refractivity contribution in [3.63, 3.8) is 0 Å². The summed E-state index contributed by atoms with van der Waals surface area (Å²) in [7, 11) is 1.63. The number of nitrogens with one attached hydrogen (secondary N) is 2. The first-order valence-electron chi connectivity index (χ1n) is 7.48. The van der Waals surface area contributed by atoms with Crippen LogP contribution in [0.5, 0.6) is 5.75 Å². The molecule has 0 aliphatic carbocycles. The minimum Gasteiger partial charge on any atom is -0.496 e. The average Bonchev–Trinajstić information content (AvgIpc) is 2.59. The monoisotopic (exact) mass is 316 g/mol. The second kappa shape index (κ2) is 8.73. The van der Waals surface area contributed by atoms with Gasteiger partial charge in [0.2, 0.25) is 0 Å². The number of guanidine groups is 1. The highest BCUT2D eigenvalue weighted by Gasteiger charge is 2.05. The van der Waals surface area contributed by atoms with E-state index in [2.05, 4.69) is 20.6 Å². The van der Waals surface area contributed by atoms with Gasteiger partial charge in [0.05, 0.1) is 25.9 Å². The minimum absolute atomic E-state index is 0.268. The Hall–Kier alpha value is -2.63. The summed E-state index contributed by atoms with van der Waals surface area (Å²) in [5, 5.41) is 6.21. The highest BCUT2D eigenvalue weighted by atomic mass is 19.1. The predicted octanol–water partition coefficient (Wildman–Crippen LogP) is 2.48. The summed E-state index contributed by atoms with van der Waals surface area (Å²) in [6, 6.07) is 10.7. The van der Waals surface area contributed by atoms with Crippen molar-refractivity contribution in [2.24, 2.45) is 4.99 Å². The van der Waals surface area contributed by atoms with Crippen molar-refractivity contribution in [3.05, 3.63) is 59.7 Å². The molecule has 6 heteroatoms. The maximum atomic E-state index is 13.6. The van der Waals surface area contributed by atoms with Crippen molar-refractivity contribution < 1.29 is 9.13 Å². The van der Waals surface area contributed by atoms with Gasteiger partial charge in [0.25, 0.3) is 0 Å². The predicted molar refractivity (Wildman–Crippen MR) is 88.8 cm³/mol. The molecule has 5 nitrogen and oxygen atoms in total. The van der Waals surface area contributed by atoms with Crippen LogP contribution in [0.4, 0.5) is 4.39 Å². The van der Waals surface area contributed by atoms with Gasteiger partial charge in [0.15, 0.2) is 5.96 Å². The van der Waals surface area contributed by atoms with Gasteiger partial charge in [-0.05, 0) is 25.1 Å². The molecule has 1 heterocycles. The van der Waals surface area contributed by atoms with Crippen molar-refractivity contribution in [2.45, 2.75) is 20.0 Å². The molecule has 0 unspecified atom stereocenters. The molecule has 0 spiro atoms. The summed E-state index contributed by atoms with van der Waals surface area (Å²) in [5.41, 5.74) is 1.34. The number of rotatable bonds is 6. The van der Waals surface area contributed by atoms with Crippen LogP contribution in [-0.2, 0) is 13.1 Å². The zero-order chi connectivity index (χ0) is 16.5. The Morgan fingerprint density at radius 2 is 2.04 bits per heavy atom. The Kier molecular flexibility index (Phi) is 6.35. The molecule has 0 amide bonds. The van der Waals surface area contributed by atoms with Gasteiger partial charge in [0.1, 0.15) is 11.6 Å². The zero-order valence-electron chi connectivity index (χ0n) is 13.3. The number of aromatic nitrogens is 1. The minimum atomic E-state index is -0.333. The summed E-state index contributed by atoms with van der Waals surface area (Å²) in [5.74, 6) is 1.06. The Morgan fingerprint density at radius 3 is 2.78 bits per heavy atom. The number of methoxy groups -OCH3 is 1. The SMILES string of the molecule is CCNC(=NCc1ccccc1OC)NCc1ncccc1F. The molecule has 0 saturated carbocycles. The standard InChI is InChI=1S/C17H21FN4O/c1-3-19-17(22-12-15-14(18)8-6-10-20-15)21-11-13-7-4-5-9-16(13)23-2/h4-10H,3,11-12H2,1-2H3,(H2,19,21,22). The first kappa shape index (κ1) is 16.7. The fraction of sp³-hybridized carbons (Fsp3) is 0.294. The molecule has 23 heavy (non-hydrogen) atoms. The summed E-state index contributed by atoms with van der Waals surface area (Å²) in [4.78, 5) is 8.52. The Bertz CT molecular complexity index is 661. The van der Waals surface area contributed by atoms with Gasteiger partial charge < -0.3 is 15.4 Å². The maximum Gasteiger partial charge on any atom is 0.191 e. The third-order valence-corrected chi connectivity index (χ3v) is 3.20. The normalized spacial score (nSPS) is 11.2. The van der Waals surface area contributed by atoms with E-state index in [-0.39, 0.29) is 12.4 Å². The van der Waals surface area contributed by atoms with E-state index in [4.69, 9.17) is 4.74 Å². The molecule has 0 saturated heterocycles. The Morgan fingerprint density at radius 1 is 1.22 bits per heavy atom. The van der Waals surface area contributed by atoms with Gasteiger partial charge in [-0.15, -0.1) is 0 Å². The van der Waals surface area contributed by atoms with Crippen molar-refractivity contribution >= 4 is 5.96 Å². The van der Waals surface area contributed by atoms with Gasteiger partial charge in [0, 0.05) is 18.3 Å². The van der Waals surface area contributed by atoms with Crippen LogP contribution in [0.15, 0.2) is 47.6 Å². The third-order valence-electron chi connectivity index (χ3n) is 3.20. The number of hydrogen-bond donors (Lipinski definition) is 2. The van der Waals surface area contributed by atoms with Crippen molar-refractivity contribution in [3.8, 4) is 5.75 Å². The molecule has 0 radical (unpaired) electrons. The fourth-order valence-electron chi connectivity index (χ4n) is 2.06. The number of ether oxygens (including phenoxy) is 1. The van der Waals surface area contributed by atoms with E-state index in [0.29, 0.717) is 24.7 Å². The Balaban J connectivity index is 2.04. The summed E-state index contributed by atoms with van der Waals surface area (Å²) in [6.07, 6.45) is 1.57. The highest BCUT2D eigenvalue weighted by Crippen LogP contribution is 2.17. The van der Waals surface area contributed by atoms with Crippen LogP contribution in [0.25, 0.3) is 0 Å². The summed E-state index contributed by atoms with van der Waals surface area (Å²) in [6.45, 7) is 3.42. The quantitative estimate of drug-likeness (QED) is 0.635. The number of aliphatic imine (C=N–C) groups is 1. The van der Waals surface area contributed by atoms with Gasteiger partial charge in [-0.1, -0.05) is 18.2 Å². The van der Waals surface area contributed by atoms with E-state index < -0.39 is 0 Å². The number of benzene rings is 1. The zero-order valence-corrected chi connectivity index (χ0v) is 13.3. The van der Waals surface area contributed by atoms with Gasteiger partial charge in [-0.3, -0.25) is 4.98 Å². The molecular weight excluding hydrogens is 295 g/mol. The van der Waals surface area contributed by atoms with E-state index in [1.807, 2.05) is 31.2 Å². The topological polar surface area (TPSA) is 58.5 Å². The lowest BCUT2D eigenvalue weighted by Crippen LogP contribution is -2.37. The van der Waals surface area contributed by atoms with Crippen molar-refractivity contribution in [2.75, 3.05) is 13.7 Å². The van der Waals surface area contributed by atoms with E-state index >= 15 is 0 Å². The molecule has 1 aromatic carbocycles. The molecule has 122 valence electrons. The summed E-state index contributed by atoms with van der Waals surface area (Å²) < 4.78 is 18.9. The number of pyridine rings is 1. The number of para-hydroxylation sites is 1. The third kappa shape index (κ3) is 4.95. The van der Waals surface area contributed by atoms with Crippen molar-refractivity contribution in [1.29, 1.82) is 0 Å². The fourth-order valence-corrected chi connectivity index (χ4v) is 2.06. The largest absolute Gasteiger partial charge is 0.496 e. The first-order valence-corrected chi connectivity index (χ1v) is 7.48. The second-order valence-corrected chi connectivity index (χ2v) is 4.79. The van der Waals surface area contributed by atoms with Crippen LogP contribution < -0.4 is 15.4 Å². The maximum absolute atomic E-state index is 13.6. The number of halogens is 1. The highest BCUT2D eigenvalue weighted by molar-refractivity contribution is 5.79. The molecule has 2 rings (SSSR count). The lowest BCUT2D eigenvalue weighted by atomic mass is 10.2. The second-order valence-electron chi connectivity index (χ2n) is 4.79. The molecule has 0 fully saturated rings. The van der Waals surface area contributed by atoms with E-state index in [0.717, 1.165) is 11.3 Å². The van der Waals surface area contributed by atoms with E-state index in [9.17, 15) is 4.39 Å². The van der Waals surface area contributed by atoms with Crippen LogP contribution in [0.3, 0.4) is 0 Å². The smallest absolute Gasteiger partial charge is 0.191 e. The molecular formula is C17H21FN4O. The van der Waals surface area contributed by atoms with Crippen LogP contribution >= 0.6 is 0 Å². The molecule has 2 aromatic rings. The van der Waals surface area contributed by atoms with E-state index in [1.165, 1.54) is 6.07 Å². The molecule has 2 N–H and O–H groups in total. The lowest BCUT2D eigenvalue weighted by molar-refractivity contribution is 0.410.